The fourth-order valence-corrected chi connectivity index (χ4v) is 5.46. The quantitative estimate of drug-likeness (QED) is 0.177. The van der Waals surface area contributed by atoms with Crippen molar-refractivity contribution in [1.29, 1.82) is 0 Å². The SMILES string of the molecule is CCOc1ccc(/C(O)=C2\C(=O)C(=O)N(c3nc4ccc(OCC)cc4s3)C2c2cccc(OC)c2)cc1. The number of nitrogens with zero attached hydrogens (tertiary/aromatic N) is 2. The van der Waals surface area contributed by atoms with Crippen LogP contribution in [-0.2, 0) is 9.59 Å². The Balaban J connectivity index is 1.67. The van der Waals surface area contributed by atoms with Crippen LogP contribution < -0.4 is 19.1 Å². The summed E-state index contributed by atoms with van der Waals surface area (Å²) in [6, 6.07) is 18.4. The number of hydrogen-bond donors (Lipinski definition) is 1. The van der Waals surface area contributed by atoms with Crippen molar-refractivity contribution in [1.82, 2.24) is 4.98 Å². The number of methoxy groups -OCH3 is 1. The van der Waals surface area contributed by atoms with E-state index in [1.54, 1.807) is 55.6 Å². The number of carbonyl (C=O) groups excluding carboxylic acids is 2. The molecule has 0 spiro atoms. The molecular formula is C29H26N2O6S. The smallest absolute Gasteiger partial charge is 0.301 e. The Morgan fingerprint density at radius 2 is 1.66 bits per heavy atom. The van der Waals surface area contributed by atoms with Crippen LogP contribution in [0.4, 0.5) is 5.13 Å². The Hall–Kier alpha value is -4.37. The highest BCUT2D eigenvalue weighted by Crippen LogP contribution is 2.45. The molecule has 1 atom stereocenters. The number of amides is 1. The van der Waals surface area contributed by atoms with Gasteiger partial charge in [0.15, 0.2) is 5.13 Å². The summed E-state index contributed by atoms with van der Waals surface area (Å²) in [4.78, 5) is 33.0. The molecule has 0 radical (unpaired) electrons. The molecule has 5 rings (SSSR count). The number of thiazole rings is 1. The number of ketones is 1. The minimum absolute atomic E-state index is 0.0262. The van der Waals surface area contributed by atoms with Crippen molar-refractivity contribution in [2.24, 2.45) is 0 Å². The van der Waals surface area contributed by atoms with E-state index >= 15 is 0 Å². The van der Waals surface area contributed by atoms with E-state index in [1.807, 2.05) is 32.0 Å². The number of benzene rings is 3. The van der Waals surface area contributed by atoms with Crippen molar-refractivity contribution in [2.45, 2.75) is 19.9 Å². The van der Waals surface area contributed by atoms with Gasteiger partial charge in [-0.25, -0.2) is 4.98 Å². The van der Waals surface area contributed by atoms with E-state index in [4.69, 9.17) is 14.2 Å². The molecule has 1 saturated heterocycles. The maximum Gasteiger partial charge on any atom is 0.301 e. The molecule has 0 bridgehead atoms. The van der Waals surface area contributed by atoms with Crippen LogP contribution in [0.25, 0.3) is 16.0 Å². The standard InChI is InChI=1S/C29H26N2O6S/c1-4-36-19-11-9-17(10-12-19)26(32)24-25(18-7-6-8-20(15-18)35-3)31(28(34)27(24)33)29-30-22-14-13-21(37-5-2)16-23(22)38-29/h6-16,25,32H,4-5H2,1-3H3/b26-24+. The zero-order chi connectivity index (χ0) is 26.8. The highest BCUT2D eigenvalue weighted by Gasteiger charge is 2.48. The molecule has 1 aromatic heterocycles. The van der Waals surface area contributed by atoms with Gasteiger partial charge in [0, 0.05) is 5.56 Å². The van der Waals surface area contributed by atoms with Crippen LogP contribution in [0.1, 0.15) is 31.0 Å². The summed E-state index contributed by atoms with van der Waals surface area (Å²) < 4.78 is 17.3. The molecule has 1 fully saturated rings. The second kappa shape index (κ2) is 10.5. The van der Waals surface area contributed by atoms with Crippen molar-refractivity contribution in [3.05, 3.63) is 83.4 Å². The zero-order valence-electron chi connectivity index (χ0n) is 21.1. The van der Waals surface area contributed by atoms with Gasteiger partial charge in [0.2, 0.25) is 0 Å². The zero-order valence-corrected chi connectivity index (χ0v) is 22.0. The lowest BCUT2D eigenvalue weighted by Gasteiger charge is -2.23. The number of aromatic nitrogens is 1. The first-order valence-corrected chi connectivity index (χ1v) is 13.0. The maximum absolute atomic E-state index is 13.5. The van der Waals surface area contributed by atoms with Gasteiger partial charge in [0.05, 0.1) is 42.2 Å². The lowest BCUT2D eigenvalue weighted by molar-refractivity contribution is -0.132. The third-order valence-electron chi connectivity index (χ3n) is 6.16. The fraction of sp³-hybridized carbons (Fsp3) is 0.207. The molecule has 1 amide bonds. The van der Waals surface area contributed by atoms with Crippen LogP contribution in [0.15, 0.2) is 72.3 Å². The van der Waals surface area contributed by atoms with E-state index in [9.17, 15) is 14.7 Å². The number of carbonyl (C=O) groups is 2. The van der Waals surface area contributed by atoms with Gasteiger partial charge in [-0.05, 0) is 74.0 Å². The number of hydrogen-bond acceptors (Lipinski definition) is 8. The van der Waals surface area contributed by atoms with Gasteiger partial charge >= 0.3 is 5.91 Å². The van der Waals surface area contributed by atoms with E-state index < -0.39 is 17.7 Å². The third-order valence-corrected chi connectivity index (χ3v) is 7.18. The summed E-state index contributed by atoms with van der Waals surface area (Å²) in [7, 11) is 1.54. The molecular weight excluding hydrogens is 504 g/mol. The van der Waals surface area contributed by atoms with Crippen molar-refractivity contribution in [3.8, 4) is 17.2 Å². The number of ether oxygens (including phenoxy) is 3. The first kappa shape index (κ1) is 25.3. The van der Waals surface area contributed by atoms with Crippen LogP contribution in [-0.4, -0.2) is 42.1 Å². The Morgan fingerprint density at radius 3 is 2.37 bits per heavy atom. The van der Waals surface area contributed by atoms with Crippen molar-refractivity contribution in [3.63, 3.8) is 0 Å². The normalized spacial score (nSPS) is 16.7. The molecule has 2 heterocycles. The summed E-state index contributed by atoms with van der Waals surface area (Å²) >= 11 is 1.28. The number of Topliss-reactive ketones (excluding diaryl/α,β-unsaturated/α-hetero) is 1. The van der Waals surface area contributed by atoms with Gasteiger partial charge in [-0.2, -0.15) is 0 Å². The van der Waals surface area contributed by atoms with Crippen molar-refractivity contribution >= 4 is 44.1 Å². The van der Waals surface area contributed by atoms with Crippen LogP contribution in [0.5, 0.6) is 17.2 Å². The minimum atomic E-state index is -0.913. The Kier molecular flexibility index (Phi) is 7.02. The Labute approximate surface area is 223 Å². The summed E-state index contributed by atoms with van der Waals surface area (Å²) in [6.45, 7) is 4.80. The minimum Gasteiger partial charge on any atom is -0.507 e. The number of aliphatic hydroxyl groups is 1. The van der Waals surface area contributed by atoms with E-state index in [-0.39, 0.29) is 11.3 Å². The summed E-state index contributed by atoms with van der Waals surface area (Å²) in [5, 5.41) is 11.7. The average molecular weight is 531 g/mol. The molecule has 4 aromatic rings. The van der Waals surface area contributed by atoms with Gasteiger partial charge in [-0.1, -0.05) is 23.5 Å². The van der Waals surface area contributed by atoms with Gasteiger partial charge in [0.25, 0.3) is 5.78 Å². The fourth-order valence-electron chi connectivity index (χ4n) is 4.44. The van der Waals surface area contributed by atoms with Gasteiger partial charge in [-0.15, -0.1) is 0 Å². The number of rotatable bonds is 8. The summed E-state index contributed by atoms with van der Waals surface area (Å²) in [5.74, 6) is 0.0426. The topological polar surface area (TPSA) is 98.2 Å². The molecule has 194 valence electrons. The second-order valence-corrected chi connectivity index (χ2v) is 9.47. The van der Waals surface area contributed by atoms with Crippen LogP contribution in [0, 0.1) is 0 Å². The van der Waals surface area contributed by atoms with Crippen molar-refractivity contribution in [2.75, 3.05) is 25.2 Å². The first-order valence-electron chi connectivity index (χ1n) is 12.2. The number of fused-ring (bicyclic) bond motifs is 1. The predicted octanol–water partition coefficient (Wildman–Crippen LogP) is 5.73. The van der Waals surface area contributed by atoms with E-state index in [0.29, 0.717) is 52.2 Å². The Bertz CT molecular complexity index is 1540. The molecule has 0 saturated carbocycles. The predicted molar refractivity (Wildman–Crippen MR) is 146 cm³/mol. The average Bonchev–Trinajstić information content (AvgIpc) is 3.46. The Morgan fingerprint density at radius 1 is 0.947 bits per heavy atom. The summed E-state index contributed by atoms with van der Waals surface area (Å²) in [6.07, 6.45) is 0. The highest BCUT2D eigenvalue weighted by molar-refractivity contribution is 7.22. The molecule has 0 aliphatic carbocycles. The second-order valence-electron chi connectivity index (χ2n) is 8.46. The summed E-state index contributed by atoms with van der Waals surface area (Å²) in [5.41, 5.74) is 1.64. The molecule has 8 nitrogen and oxygen atoms in total. The van der Waals surface area contributed by atoms with Crippen molar-refractivity contribution < 1.29 is 28.9 Å². The number of aliphatic hydroxyl groups excluding tert-OH is 1. The molecule has 1 aliphatic heterocycles. The first-order chi connectivity index (χ1) is 18.4. The molecule has 9 heteroatoms. The van der Waals surface area contributed by atoms with Gasteiger partial charge < -0.3 is 19.3 Å². The molecule has 3 aromatic carbocycles. The lowest BCUT2D eigenvalue weighted by atomic mass is 9.95. The molecule has 38 heavy (non-hydrogen) atoms. The lowest BCUT2D eigenvalue weighted by Crippen LogP contribution is -2.29. The molecule has 1 unspecified atom stereocenters. The number of anilines is 1. The van der Waals surface area contributed by atoms with Gasteiger partial charge in [-0.3, -0.25) is 14.5 Å². The monoisotopic (exact) mass is 530 g/mol. The van der Waals surface area contributed by atoms with Gasteiger partial charge in [0.1, 0.15) is 23.0 Å². The highest BCUT2D eigenvalue weighted by atomic mass is 32.1. The van der Waals surface area contributed by atoms with E-state index in [1.165, 1.54) is 16.2 Å². The molecule has 1 aliphatic rings. The third kappa shape index (κ3) is 4.56. The van der Waals surface area contributed by atoms with Crippen LogP contribution >= 0.6 is 11.3 Å². The van der Waals surface area contributed by atoms with Crippen LogP contribution in [0.2, 0.25) is 0 Å². The van der Waals surface area contributed by atoms with E-state index in [0.717, 1.165) is 4.70 Å². The molecule has 1 N–H and O–H groups in total. The van der Waals surface area contributed by atoms with E-state index in [2.05, 4.69) is 4.98 Å². The van der Waals surface area contributed by atoms with Crippen LogP contribution in [0.3, 0.4) is 0 Å². The maximum atomic E-state index is 13.5. The largest absolute Gasteiger partial charge is 0.507 e.